The van der Waals surface area contributed by atoms with Gasteiger partial charge in [-0.25, -0.2) is 9.37 Å². The normalized spacial score (nSPS) is 13.7. The molecule has 6 nitrogen and oxygen atoms in total. The standard InChI is InChI=1S/C24H23FN4O2/c1-17-4-2-3-5-21(17)23(30)27-20-10-11-22(26-16-20)28-12-14-29(15-13-28)24(31)18-6-8-19(25)9-7-18/h2-11,16H,12-15H2,1H3,(H,27,30). The molecule has 2 heterocycles. The van der Waals surface area contributed by atoms with Crippen LogP contribution < -0.4 is 10.2 Å². The van der Waals surface area contributed by atoms with Crippen LogP contribution in [0.2, 0.25) is 0 Å². The number of carbonyl (C=O) groups excluding carboxylic acids is 2. The van der Waals surface area contributed by atoms with Crippen molar-refractivity contribution < 1.29 is 14.0 Å². The molecule has 0 saturated carbocycles. The van der Waals surface area contributed by atoms with Gasteiger partial charge in [-0.15, -0.1) is 0 Å². The molecular weight excluding hydrogens is 395 g/mol. The smallest absolute Gasteiger partial charge is 0.255 e. The highest BCUT2D eigenvalue weighted by atomic mass is 19.1. The molecule has 3 aromatic rings. The largest absolute Gasteiger partial charge is 0.353 e. The molecule has 1 fully saturated rings. The van der Waals surface area contributed by atoms with Crippen LogP contribution in [0.25, 0.3) is 0 Å². The number of carbonyl (C=O) groups is 2. The lowest BCUT2D eigenvalue weighted by atomic mass is 10.1. The van der Waals surface area contributed by atoms with Crippen molar-refractivity contribution in [2.45, 2.75) is 6.92 Å². The van der Waals surface area contributed by atoms with Crippen molar-refractivity contribution in [3.8, 4) is 0 Å². The summed E-state index contributed by atoms with van der Waals surface area (Å²) in [6.45, 7) is 4.31. The summed E-state index contributed by atoms with van der Waals surface area (Å²) in [5.41, 5.74) is 2.66. The van der Waals surface area contributed by atoms with Crippen LogP contribution in [0.4, 0.5) is 15.9 Å². The summed E-state index contributed by atoms with van der Waals surface area (Å²) < 4.78 is 13.1. The highest BCUT2D eigenvalue weighted by Gasteiger charge is 2.23. The summed E-state index contributed by atoms with van der Waals surface area (Å²) in [5.74, 6) is 0.177. The van der Waals surface area contributed by atoms with E-state index in [1.807, 2.05) is 37.3 Å². The van der Waals surface area contributed by atoms with Crippen LogP contribution in [0.15, 0.2) is 66.9 Å². The first-order chi connectivity index (χ1) is 15.0. The highest BCUT2D eigenvalue weighted by Crippen LogP contribution is 2.18. The average Bonchev–Trinajstić information content (AvgIpc) is 2.80. The van der Waals surface area contributed by atoms with Gasteiger partial charge in [0.05, 0.1) is 11.9 Å². The fourth-order valence-corrected chi connectivity index (χ4v) is 3.59. The van der Waals surface area contributed by atoms with Crippen LogP contribution in [0, 0.1) is 12.7 Å². The van der Waals surface area contributed by atoms with Crippen molar-refractivity contribution in [3.63, 3.8) is 0 Å². The third-order valence-electron chi connectivity index (χ3n) is 5.38. The second kappa shape index (κ2) is 8.95. The first-order valence-electron chi connectivity index (χ1n) is 10.1. The van der Waals surface area contributed by atoms with E-state index in [9.17, 15) is 14.0 Å². The minimum Gasteiger partial charge on any atom is -0.353 e. The Balaban J connectivity index is 1.34. The minimum atomic E-state index is -0.356. The second-order valence-electron chi connectivity index (χ2n) is 7.46. The Bertz CT molecular complexity index is 1080. The maximum atomic E-state index is 13.1. The van der Waals surface area contributed by atoms with E-state index in [4.69, 9.17) is 0 Å². The van der Waals surface area contributed by atoms with E-state index in [1.54, 1.807) is 17.2 Å². The van der Waals surface area contributed by atoms with E-state index >= 15 is 0 Å². The van der Waals surface area contributed by atoms with E-state index in [-0.39, 0.29) is 17.6 Å². The van der Waals surface area contributed by atoms with Gasteiger partial charge in [0.15, 0.2) is 0 Å². The van der Waals surface area contributed by atoms with E-state index < -0.39 is 0 Å². The molecule has 0 bridgehead atoms. The number of rotatable bonds is 4. The van der Waals surface area contributed by atoms with Gasteiger partial charge in [0, 0.05) is 37.3 Å². The van der Waals surface area contributed by atoms with Gasteiger partial charge >= 0.3 is 0 Å². The van der Waals surface area contributed by atoms with Crippen LogP contribution in [0.1, 0.15) is 26.3 Å². The summed E-state index contributed by atoms with van der Waals surface area (Å²) in [4.78, 5) is 33.4. The average molecular weight is 418 g/mol. The molecule has 1 saturated heterocycles. The number of halogens is 1. The molecule has 158 valence electrons. The predicted molar refractivity (Wildman–Crippen MR) is 118 cm³/mol. The SMILES string of the molecule is Cc1ccccc1C(=O)Nc1ccc(N2CCN(C(=O)c3ccc(F)cc3)CC2)nc1. The number of anilines is 2. The molecule has 2 aromatic carbocycles. The quantitative estimate of drug-likeness (QED) is 0.701. The molecule has 1 aromatic heterocycles. The maximum absolute atomic E-state index is 13.1. The number of nitrogens with one attached hydrogen (secondary N) is 1. The van der Waals surface area contributed by atoms with Crippen molar-refractivity contribution in [1.82, 2.24) is 9.88 Å². The molecule has 4 rings (SSSR count). The number of pyridine rings is 1. The molecule has 31 heavy (non-hydrogen) atoms. The first-order valence-corrected chi connectivity index (χ1v) is 10.1. The number of hydrogen-bond donors (Lipinski definition) is 1. The Morgan fingerprint density at radius 2 is 1.65 bits per heavy atom. The Hall–Kier alpha value is -3.74. The number of aryl methyl sites for hydroxylation is 1. The number of hydrogen-bond acceptors (Lipinski definition) is 4. The maximum Gasteiger partial charge on any atom is 0.255 e. The molecular formula is C24H23FN4O2. The van der Waals surface area contributed by atoms with E-state index in [2.05, 4.69) is 15.2 Å². The van der Waals surface area contributed by atoms with Crippen LogP contribution in [0.5, 0.6) is 0 Å². The Kier molecular flexibility index (Phi) is 5.93. The Morgan fingerprint density at radius 3 is 2.29 bits per heavy atom. The monoisotopic (exact) mass is 418 g/mol. The van der Waals surface area contributed by atoms with Crippen molar-refractivity contribution in [2.75, 3.05) is 36.4 Å². The summed E-state index contributed by atoms with van der Waals surface area (Å²) in [7, 11) is 0. The lowest BCUT2D eigenvalue weighted by Crippen LogP contribution is -2.49. The zero-order chi connectivity index (χ0) is 21.8. The molecule has 0 spiro atoms. The Morgan fingerprint density at radius 1 is 0.935 bits per heavy atom. The van der Waals surface area contributed by atoms with Crippen molar-refractivity contribution in [1.29, 1.82) is 0 Å². The van der Waals surface area contributed by atoms with Gasteiger partial charge in [0.25, 0.3) is 11.8 Å². The zero-order valence-corrected chi connectivity index (χ0v) is 17.2. The van der Waals surface area contributed by atoms with Crippen LogP contribution in [0.3, 0.4) is 0 Å². The summed E-state index contributed by atoms with van der Waals surface area (Å²) in [6, 6.07) is 16.7. The molecule has 1 aliphatic rings. The van der Waals surface area contributed by atoms with Crippen molar-refractivity contribution >= 4 is 23.3 Å². The fraction of sp³-hybridized carbons (Fsp3) is 0.208. The van der Waals surface area contributed by atoms with Crippen LogP contribution >= 0.6 is 0 Å². The number of amides is 2. The van der Waals surface area contributed by atoms with Gasteiger partial charge in [0.1, 0.15) is 11.6 Å². The van der Waals surface area contributed by atoms with E-state index in [0.29, 0.717) is 43.0 Å². The third-order valence-corrected chi connectivity index (χ3v) is 5.38. The number of piperazine rings is 1. The summed E-state index contributed by atoms with van der Waals surface area (Å²) in [6.07, 6.45) is 1.64. The van der Waals surface area contributed by atoms with Gasteiger partial charge in [-0.3, -0.25) is 9.59 Å². The molecule has 7 heteroatoms. The lowest BCUT2D eigenvalue weighted by molar-refractivity contribution is 0.0746. The lowest BCUT2D eigenvalue weighted by Gasteiger charge is -2.35. The van der Waals surface area contributed by atoms with Gasteiger partial charge < -0.3 is 15.1 Å². The van der Waals surface area contributed by atoms with Crippen molar-refractivity contribution in [3.05, 3.63) is 89.4 Å². The number of aromatic nitrogens is 1. The molecule has 0 radical (unpaired) electrons. The van der Waals surface area contributed by atoms with Gasteiger partial charge in [0.2, 0.25) is 0 Å². The molecule has 0 aliphatic carbocycles. The molecule has 2 amide bonds. The van der Waals surface area contributed by atoms with Gasteiger partial charge in [-0.05, 0) is 55.0 Å². The Labute approximate surface area is 180 Å². The fourth-order valence-electron chi connectivity index (χ4n) is 3.59. The molecule has 1 aliphatic heterocycles. The first kappa shape index (κ1) is 20.5. The minimum absolute atomic E-state index is 0.0955. The predicted octanol–water partition coefficient (Wildman–Crippen LogP) is 3.74. The molecule has 1 N–H and O–H groups in total. The van der Waals surface area contributed by atoms with E-state index in [1.165, 1.54) is 24.3 Å². The summed E-state index contributed by atoms with van der Waals surface area (Å²) in [5, 5.41) is 2.87. The van der Waals surface area contributed by atoms with E-state index in [0.717, 1.165) is 11.4 Å². The number of benzene rings is 2. The zero-order valence-electron chi connectivity index (χ0n) is 17.2. The van der Waals surface area contributed by atoms with Gasteiger partial charge in [-0.2, -0.15) is 0 Å². The van der Waals surface area contributed by atoms with Crippen molar-refractivity contribution in [2.24, 2.45) is 0 Å². The van der Waals surface area contributed by atoms with Crippen LogP contribution in [-0.2, 0) is 0 Å². The molecule has 0 unspecified atom stereocenters. The van der Waals surface area contributed by atoms with Crippen LogP contribution in [-0.4, -0.2) is 47.9 Å². The highest BCUT2D eigenvalue weighted by molar-refractivity contribution is 6.05. The second-order valence-corrected chi connectivity index (χ2v) is 7.46. The number of nitrogens with zero attached hydrogens (tertiary/aromatic N) is 3. The van der Waals surface area contributed by atoms with Gasteiger partial charge in [-0.1, -0.05) is 18.2 Å². The topological polar surface area (TPSA) is 65.5 Å². The summed E-state index contributed by atoms with van der Waals surface area (Å²) >= 11 is 0. The molecule has 0 atom stereocenters. The third kappa shape index (κ3) is 4.71.